The lowest BCUT2D eigenvalue weighted by Gasteiger charge is -2.37. The van der Waals surface area contributed by atoms with Crippen molar-refractivity contribution in [2.45, 2.75) is 45.2 Å². The van der Waals surface area contributed by atoms with Crippen molar-refractivity contribution in [2.75, 3.05) is 13.1 Å². The molecule has 2 atom stereocenters. The van der Waals surface area contributed by atoms with Crippen molar-refractivity contribution in [3.8, 4) is 0 Å². The third-order valence-corrected chi connectivity index (χ3v) is 3.83. The van der Waals surface area contributed by atoms with Crippen molar-refractivity contribution in [3.05, 3.63) is 35.9 Å². The van der Waals surface area contributed by atoms with E-state index in [-0.39, 0.29) is 18.0 Å². The predicted molar refractivity (Wildman–Crippen MR) is 78.0 cm³/mol. The van der Waals surface area contributed by atoms with Crippen LogP contribution in [-0.2, 0) is 11.2 Å². The van der Waals surface area contributed by atoms with Crippen molar-refractivity contribution in [2.24, 2.45) is 0 Å². The number of nitrogens with zero attached hydrogens (tertiary/aromatic N) is 1. The lowest BCUT2D eigenvalue weighted by molar-refractivity contribution is -0.138. The molecule has 104 valence electrons. The maximum atomic E-state index is 12.4. The second-order valence-corrected chi connectivity index (χ2v) is 5.32. The van der Waals surface area contributed by atoms with Gasteiger partial charge in [0.1, 0.15) is 0 Å². The number of piperidine rings is 1. The minimum absolute atomic E-state index is 0.0250. The molecule has 1 aliphatic rings. The second-order valence-electron chi connectivity index (χ2n) is 5.32. The second kappa shape index (κ2) is 6.71. The van der Waals surface area contributed by atoms with Crippen LogP contribution in [0, 0.1) is 0 Å². The molecule has 1 N–H and O–H groups in total. The first-order chi connectivity index (χ1) is 9.22. The summed E-state index contributed by atoms with van der Waals surface area (Å²) in [7, 11) is 0. The first-order valence-corrected chi connectivity index (χ1v) is 7.30. The number of carbonyl (C=O) groups excluding carboxylic acids is 1. The summed E-state index contributed by atoms with van der Waals surface area (Å²) in [4.78, 5) is 14.5. The summed E-state index contributed by atoms with van der Waals surface area (Å²) in [5, 5.41) is 3.29. The van der Waals surface area contributed by atoms with Gasteiger partial charge in [-0.3, -0.25) is 4.79 Å². The highest BCUT2D eigenvalue weighted by atomic mass is 16.2. The highest BCUT2D eigenvalue weighted by molar-refractivity contribution is 5.82. The molecule has 0 spiro atoms. The van der Waals surface area contributed by atoms with Gasteiger partial charge in [0.2, 0.25) is 5.91 Å². The zero-order valence-corrected chi connectivity index (χ0v) is 11.9. The monoisotopic (exact) mass is 260 g/mol. The highest BCUT2D eigenvalue weighted by Gasteiger charge is 2.30. The molecule has 1 amide bonds. The number of nitrogens with one attached hydrogen (secondary N) is 1. The van der Waals surface area contributed by atoms with E-state index in [2.05, 4.69) is 43.4 Å². The first-order valence-electron chi connectivity index (χ1n) is 7.30. The van der Waals surface area contributed by atoms with Crippen LogP contribution in [0.25, 0.3) is 0 Å². The average molecular weight is 260 g/mol. The van der Waals surface area contributed by atoms with Gasteiger partial charge < -0.3 is 10.2 Å². The van der Waals surface area contributed by atoms with E-state index in [1.807, 2.05) is 11.0 Å². The molecule has 0 radical (unpaired) electrons. The van der Waals surface area contributed by atoms with Gasteiger partial charge in [-0.15, -0.1) is 0 Å². The largest absolute Gasteiger partial charge is 0.338 e. The van der Waals surface area contributed by atoms with Crippen LogP contribution < -0.4 is 5.32 Å². The van der Waals surface area contributed by atoms with Crippen LogP contribution in [0.15, 0.2) is 30.3 Å². The van der Waals surface area contributed by atoms with Gasteiger partial charge in [0, 0.05) is 12.6 Å². The molecule has 1 saturated heterocycles. The minimum atomic E-state index is 0.0250. The van der Waals surface area contributed by atoms with Crippen LogP contribution in [0.4, 0.5) is 0 Å². The minimum Gasteiger partial charge on any atom is -0.338 e. The molecule has 1 aromatic carbocycles. The molecule has 1 fully saturated rings. The summed E-state index contributed by atoms with van der Waals surface area (Å²) >= 11 is 0. The van der Waals surface area contributed by atoms with E-state index in [1.54, 1.807) is 0 Å². The van der Waals surface area contributed by atoms with Crippen LogP contribution in [0.2, 0.25) is 0 Å². The fourth-order valence-corrected chi connectivity index (χ4v) is 2.84. The maximum Gasteiger partial charge on any atom is 0.239 e. The maximum absolute atomic E-state index is 12.4. The number of likely N-dealkylation sites (tertiary alicyclic amines) is 1. The zero-order chi connectivity index (χ0) is 13.7. The number of rotatable bonds is 5. The fraction of sp³-hybridized carbons (Fsp3) is 0.562. The molecule has 2 unspecified atom stereocenters. The van der Waals surface area contributed by atoms with Crippen LogP contribution in [0.5, 0.6) is 0 Å². The SMILES string of the molecule is CCNC1CCCN(C(C)Cc2ccccc2)C1=O. The van der Waals surface area contributed by atoms with Gasteiger partial charge >= 0.3 is 0 Å². The van der Waals surface area contributed by atoms with Gasteiger partial charge in [-0.25, -0.2) is 0 Å². The fourth-order valence-electron chi connectivity index (χ4n) is 2.84. The topological polar surface area (TPSA) is 32.3 Å². The lowest BCUT2D eigenvalue weighted by atomic mass is 9.99. The van der Waals surface area contributed by atoms with Gasteiger partial charge in [0.15, 0.2) is 0 Å². The summed E-state index contributed by atoms with van der Waals surface area (Å²) in [5.74, 6) is 0.275. The molecular formula is C16H24N2O. The van der Waals surface area contributed by atoms with Crippen molar-refractivity contribution in [1.29, 1.82) is 0 Å². The molecule has 19 heavy (non-hydrogen) atoms. The van der Waals surface area contributed by atoms with Gasteiger partial charge in [-0.05, 0) is 38.3 Å². The number of carbonyl (C=O) groups is 1. The Labute approximate surface area is 116 Å². The summed E-state index contributed by atoms with van der Waals surface area (Å²) in [6, 6.07) is 10.7. The molecular weight excluding hydrogens is 236 g/mol. The van der Waals surface area contributed by atoms with Crippen molar-refractivity contribution >= 4 is 5.91 Å². The predicted octanol–water partition coefficient (Wildman–Crippen LogP) is 2.22. The molecule has 1 heterocycles. The van der Waals surface area contributed by atoms with Crippen molar-refractivity contribution < 1.29 is 4.79 Å². The van der Waals surface area contributed by atoms with Gasteiger partial charge in [0.25, 0.3) is 0 Å². The number of likely N-dealkylation sites (N-methyl/N-ethyl adjacent to an activating group) is 1. The number of amides is 1. The van der Waals surface area contributed by atoms with E-state index in [0.29, 0.717) is 0 Å². The molecule has 1 aromatic rings. The molecule has 0 aromatic heterocycles. The van der Waals surface area contributed by atoms with Crippen molar-refractivity contribution in [1.82, 2.24) is 10.2 Å². The van der Waals surface area contributed by atoms with Crippen LogP contribution in [0.1, 0.15) is 32.3 Å². The van der Waals surface area contributed by atoms with Crippen LogP contribution in [-0.4, -0.2) is 36.0 Å². The van der Waals surface area contributed by atoms with Crippen LogP contribution >= 0.6 is 0 Å². The Morgan fingerprint density at radius 2 is 2.11 bits per heavy atom. The summed E-state index contributed by atoms with van der Waals surface area (Å²) < 4.78 is 0. The standard InChI is InChI=1S/C16H24N2O/c1-3-17-15-10-7-11-18(16(15)19)13(2)12-14-8-5-4-6-9-14/h4-6,8-9,13,15,17H,3,7,10-12H2,1-2H3. The Bertz CT molecular complexity index is 402. The third kappa shape index (κ3) is 3.57. The first kappa shape index (κ1) is 14.1. The molecule has 0 bridgehead atoms. The Kier molecular flexibility index (Phi) is 4.97. The number of benzene rings is 1. The lowest BCUT2D eigenvalue weighted by Crippen LogP contribution is -2.53. The summed E-state index contributed by atoms with van der Waals surface area (Å²) in [6.45, 7) is 5.96. The van der Waals surface area contributed by atoms with Gasteiger partial charge in [0.05, 0.1) is 6.04 Å². The van der Waals surface area contributed by atoms with E-state index < -0.39 is 0 Å². The molecule has 0 aliphatic carbocycles. The third-order valence-electron chi connectivity index (χ3n) is 3.83. The van der Waals surface area contributed by atoms with Gasteiger partial charge in [-0.1, -0.05) is 37.3 Å². The zero-order valence-electron chi connectivity index (χ0n) is 11.9. The summed E-state index contributed by atoms with van der Waals surface area (Å²) in [5.41, 5.74) is 1.30. The Hall–Kier alpha value is -1.35. The smallest absolute Gasteiger partial charge is 0.239 e. The van der Waals surface area contributed by atoms with Crippen LogP contribution in [0.3, 0.4) is 0 Å². The molecule has 3 heteroatoms. The molecule has 1 aliphatic heterocycles. The molecule has 0 saturated carbocycles. The number of hydrogen-bond acceptors (Lipinski definition) is 2. The van der Waals surface area contributed by atoms with E-state index in [1.165, 1.54) is 5.56 Å². The average Bonchev–Trinajstić information content (AvgIpc) is 2.42. The van der Waals surface area contributed by atoms with E-state index >= 15 is 0 Å². The highest BCUT2D eigenvalue weighted by Crippen LogP contribution is 2.17. The molecule has 3 nitrogen and oxygen atoms in total. The van der Waals surface area contributed by atoms with E-state index in [0.717, 1.165) is 32.4 Å². The molecule has 2 rings (SSSR count). The van der Waals surface area contributed by atoms with E-state index in [4.69, 9.17) is 0 Å². The summed E-state index contributed by atoms with van der Waals surface area (Å²) in [6.07, 6.45) is 3.01. The van der Waals surface area contributed by atoms with Gasteiger partial charge in [-0.2, -0.15) is 0 Å². The Balaban J connectivity index is 1.98. The normalized spacial score (nSPS) is 21.5. The Morgan fingerprint density at radius 3 is 2.79 bits per heavy atom. The quantitative estimate of drug-likeness (QED) is 0.880. The number of hydrogen-bond donors (Lipinski definition) is 1. The van der Waals surface area contributed by atoms with Crippen molar-refractivity contribution in [3.63, 3.8) is 0 Å². The Morgan fingerprint density at radius 1 is 1.37 bits per heavy atom. The van der Waals surface area contributed by atoms with E-state index in [9.17, 15) is 4.79 Å².